The van der Waals surface area contributed by atoms with Crippen LogP contribution in [-0.2, 0) is 16.3 Å². The van der Waals surface area contributed by atoms with Gasteiger partial charge in [-0.05, 0) is 60.0 Å². The fourth-order valence-electron chi connectivity index (χ4n) is 2.87. The Morgan fingerprint density at radius 2 is 1.68 bits per heavy atom. The van der Waals surface area contributed by atoms with Crippen LogP contribution in [-0.4, -0.2) is 19.2 Å². The molecule has 28 heavy (non-hydrogen) atoms. The number of hydrogen-bond acceptors (Lipinski definition) is 5. The molecule has 0 aliphatic carbocycles. The number of benzene rings is 2. The molecule has 2 aromatic carbocycles. The van der Waals surface area contributed by atoms with E-state index >= 15 is 0 Å². The van der Waals surface area contributed by atoms with E-state index in [1.54, 1.807) is 73.9 Å². The zero-order valence-corrected chi connectivity index (χ0v) is 16.3. The SMILES string of the molecule is CCS(=O)(=O)C(Cc1cccnc1)c1ccc(Oc2ccc(C#N)cc2)cc1. The van der Waals surface area contributed by atoms with Gasteiger partial charge in [-0.3, -0.25) is 4.98 Å². The lowest BCUT2D eigenvalue weighted by molar-refractivity contribution is 0.482. The van der Waals surface area contributed by atoms with Gasteiger partial charge in [-0.2, -0.15) is 5.26 Å². The summed E-state index contributed by atoms with van der Waals surface area (Å²) in [6.45, 7) is 1.66. The summed E-state index contributed by atoms with van der Waals surface area (Å²) in [7, 11) is -3.29. The maximum atomic E-state index is 12.7. The zero-order valence-electron chi connectivity index (χ0n) is 15.4. The topological polar surface area (TPSA) is 80.1 Å². The third kappa shape index (κ3) is 4.76. The normalized spacial score (nSPS) is 12.1. The minimum atomic E-state index is -3.29. The molecule has 0 amide bonds. The Bertz CT molecular complexity index is 1060. The first-order chi connectivity index (χ1) is 13.5. The fourth-order valence-corrected chi connectivity index (χ4v) is 4.29. The third-order valence-corrected chi connectivity index (χ3v) is 6.56. The summed E-state index contributed by atoms with van der Waals surface area (Å²) in [5.74, 6) is 1.28. The smallest absolute Gasteiger partial charge is 0.157 e. The van der Waals surface area contributed by atoms with Gasteiger partial charge in [-0.1, -0.05) is 25.1 Å². The molecule has 0 bridgehead atoms. The average molecular weight is 392 g/mol. The van der Waals surface area contributed by atoms with Crippen LogP contribution in [0.1, 0.15) is 28.9 Å². The number of rotatable bonds is 7. The second-order valence-corrected chi connectivity index (χ2v) is 8.78. The molecular formula is C22H20N2O3S. The van der Waals surface area contributed by atoms with Gasteiger partial charge in [0.25, 0.3) is 0 Å². The molecular weight excluding hydrogens is 372 g/mol. The highest BCUT2D eigenvalue weighted by Crippen LogP contribution is 2.30. The second kappa shape index (κ2) is 8.68. The average Bonchev–Trinajstić information content (AvgIpc) is 2.74. The van der Waals surface area contributed by atoms with E-state index in [1.807, 2.05) is 6.07 Å². The lowest BCUT2D eigenvalue weighted by Crippen LogP contribution is -2.18. The van der Waals surface area contributed by atoms with Gasteiger partial charge in [0.05, 0.1) is 16.9 Å². The summed E-state index contributed by atoms with van der Waals surface area (Å²) in [5.41, 5.74) is 2.16. The number of nitrogens with zero attached hydrogens (tertiary/aromatic N) is 2. The molecule has 0 saturated heterocycles. The Morgan fingerprint density at radius 3 is 2.21 bits per heavy atom. The van der Waals surface area contributed by atoms with Gasteiger partial charge >= 0.3 is 0 Å². The summed E-state index contributed by atoms with van der Waals surface area (Å²) in [5, 5.41) is 8.22. The minimum Gasteiger partial charge on any atom is -0.457 e. The maximum absolute atomic E-state index is 12.7. The molecule has 1 heterocycles. The maximum Gasteiger partial charge on any atom is 0.157 e. The third-order valence-electron chi connectivity index (χ3n) is 4.45. The van der Waals surface area contributed by atoms with Crippen molar-refractivity contribution in [1.82, 2.24) is 4.98 Å². The van der Waals surface area contributed by atoms with Gasteiger partial charge in [-0.25, -0.2) is 8.42 Å². The Kier molecular flexibility index (Phi) is 6.07. The van der Waals surface area contributed by atoms with Crippen LogP contribution in [0.4, 0.5) is 0 Å². The van der Waals surface area contributed by atoms with Gasteiger partial charge in [0, 0.05) is 18.1 Å². The fraction of sp³-hybridized carbons (Fsp3) is 0.182. The van der Waals surface area contributed by atoms with Crippen LogP contribution in [0.15, 0.2) is 73.1 Å². The number of hydrogen-bond donors (Lipinski definition) is 0. The van der Waals surface area contributed by atoms with Gasteiger partial charge in [0.2, 0.25) is 0 Å². The molecule has 1 unspecified atom stereocenters. The van der Waals surface area contributed by atoms with Crippen LogP contribution in [0.25, 0.3) is 0 Å². The summed E-state index contributed by atoms with van der Waals surface area (Å²) in [4.78, 5) is 4.08. The summed E-state index contributed by atoms with van der Waals surface area (Å²) in [6, 6.07) is 19.6. The van der Waals surface area contributed by atoms with Crippen LogP contribution >= 0.6 is 0 Å². The van der Waals surface area contributed by atoms with E-state index in [0.717, 1.165) is 11.1 Å². The zero-order chi connectivity index (χ0) is 20.0. The first-order valence-corrected chi connectivity index (χ1v) is 10.6. The number of ether oxygens (including phenoxy) is 1. The largest absolute Gasteiger partial charge is 0.457 e. The van der Waals surface area contributed by atoms with Crippen molar-refractivity contribution in [2.75, 3.05) is 5.75 Å². The van der Waals surface area contributed by atoms with Crippen molar-refractivity contribution < 1.29 is 13.2 Å². The van der Waals surface area contributed by atoms with Crippen molar-refractivity contribution in [3.63, 3.8) is 0 Å². The molecule has 0 aliphatic rings. The number of nitriles is 1. The Morgan fingerprint density at radius 1 is 1.04 bits per heavy atom. The first kappa shape index (κ1) is 19.6. The molecule has 3 aromatic rings. The Hall–Kier alpha value is -3.17. The van der Waals surface area contributed by atoms with E-state index < -0.39 is 15.1 Å². The standard InChI is InChI=1S/C22H20N2O3S/c1-2-28(25,26)22(14-18-4-3-13-24-16-18)19-7-11-21(12-8-19)27-20-9-5-17(15-23)6-10-20/h3-13,16,22H,2,14H2,1H3. The van der Waals surface area contributed by atoms with Crippen molar-refractivity contribution in [3.05, 3.63) is 89.7 Å². The van der Waals surface area contributed by atoms with E-state index in [-0.39, 0.29) is 5.75 Å². The van der Waals surface area contributed by atoms with Crippen LogP contribution in [0.2, 0.25) is 0 Å². The number of pyridine rings is 1. The Labute approximate surface area is 165 Å². The molecule has 0 aliphatic heterocycles. The quantitative estimate of drug-likeness (QED) is 0.593. The predicted molar refractivity (Wildman–Crippen MR) is 108 cm³/mol. The summed E-state index contributed by atoms with van der Waals surface area (Å²) >= 11 is 0. The first-order valence-electron chi connectivity index (χ1n) is 8.90. The monoisotopic (exact) mass is 392 g/mol. The highest BCUT2D eigenvalue weighted by Gasteiger charge is 2.26. The van der Waals surface area contributed by atoms with E-state index in [4.69, 9.17) is 10.00 Å². The van der Waals surface area contributed by atoms with E-state index in [0.29, 0.717) is 23.5 Å². The molecule has 1 atom stereocenters. The second-order valence-electron chi connectivity index (χ2n) is 6.31. The summed E-state index contributed by atoms with van der Waals surface area (Å²) in [6.07, 6.45) is 3.74. The highest BCUT2D eigenvalue weighted by molar-refractivity contribution is 7.91. The Balaban J connectivity index is 1.82. The van der Waals surface area contributed by atoms with Crippen LogP contribution in [0.5, 0.6) is 11.5 Å². The van der Waals surface area contributed by atoms with Crippen molar-refractivity contribution in [2.24, 2.45) is 0 Å². The number of sulfone groups is 1. The summed E-state index contributed by atoms with van der Waals surface area (Å²) < 4.78 is 31.1. The molecule has 0 saturated carbocycles. The van der Waals surface area contributed by atoms with Crippen LogP contribution in [0.3, 0.4) is 0 Å². The molecule has 3 rings (SSSR count). The molecule has 142 valence electrons. The predicted octanol–water partition coefficient (Wildman–Crippen LogP) is 4.46. The van der Waals surface area contributed by atoms with Crippen LogP contribution in [0, 0.1) is 11.3 Å². The van der Waals surface area contributed by atoms with E-state index in [2.05, 4.69) is 11.1 Å². The molecule has 6 heteroatoms. The van der Waals surface area contributed by atoms with Gasteiger partial charge in [-0.15, -0.1) is 0 Å². The molecule has 0 fully saturated rings. The molecule has 0 spiro atoms. The lowest BCUT2D eigenvalue weighted by Gasteiger charge is -2.18. The van der Waals surface area contributed by atoms with Gasteiger partial charge < -0.3 is 4.74 Å². The lowest BCUT2D eigenvalue weighted by atomic mass is 10.1. The molecule has 0 N–H and O–H groups in total. The van der Waals surface area contributed by atoms with Crippen molar-refractivity contribution >= 4 is 9.84 Å². The van der Waals surface area contributed by atoms with Crippen molar-refractivity contribution in [2.45, 2.75) is 18.6 Å². The molecule has 1 aromatic heterocycles. The number of aromatic nitrogens is 1. The highest BCUT2D eigenvalue weighted by atomic mass is 32.2. The van der Waals surface area contributed by atoms with Gasteiger partial charge in [0.15, 0.2) is 9.84 Å². The van der Waals surface area contributed by atoms with E-state index in [9.17, 15) is 8.42 Å². The van der Waals surface area contributed by atoms with E-state index in [1.165, 1.54) is 0 Å². The minimum absolute atomic E-state index is 0.0709. The van der Waals surface area contributed by atoms with Crippen molar-refractivity contribution in [1.29, 1.82) is 5.26 Å². The molecule has 5 nitrogen and oxygen atoms in total. The van der Waals surface area contributed by atoms with Crippen molar-refractivity contribution in [3.8, 4) is 17.6 Å². The molecule has 0 radical (unpaired) electrons. The van der Waals surface area contributed by atoms with Gasteiger partial charge in [0.1, 0.15) is 11.5 Å². The van der Waals surface area contributed by atoms with Crippen LogP contribution < -0.4 is 4.74 Å².